The Balaban J connectivity index is 1.59. The van der Waals surface area contributed by atoms with E-state index in [0.717, 1.165) is 53.5 Å². The molecule has 1 aromatic heterocycles. The van der Waals surface area contributed by atoms with Gasteiger partial charge in [-0.15, -0.1) is 0 Å². The molecule has 162 valence electrons. The average Bonchev–Trinajstić information content (AvgIpc) is 3.64. The van der Waals surface area contributed by atoms with E-state index in [9.17, 15) is 10.1 Å². The fraction of sp³-hybridized carbons (Fsp3) is 0.320. The number of nitriles is 1. The minimum atomic E-state index is -0.336. The number of fused-ring (bicyclic) bond motifs is 1. The third kappa shape index (κ3) is 3.75. The predicted octanol–water partition coefficient (Wildman–Crippen LogP) is 5.15. The number of aromatic nitrogens is 1. The second-order valence-electron chi connectivity index (χ2n) is 8.38. The summed E-state index contributed by atoms with van der Waals surface area (Å²) in [6.45, 7) is 3.08. The van der Waals surface area contributed by atoms with E-state index in [0.29, 0.717) is 23.7 Å². The van der Waals surface area contributed by atoms with Crippen molar-refractivity contribution in [2.45, 2.75) is 18.3 Å². The lowest BCUT2D eigenvalue weighted by molar-refractivity contribution is 0.0704. The summed E-state index contributed by atoms with van der Waals surface area (Å²) in [6, 6.07) is 16.1. The van der Waals surface area contributed by atoms with Crippen LogP contribution >= 0.6 is 23.5 Å². The van der Waals surface area contributed by atoms with Crippen molar-refractivity contribution >= 4 is 40.4 Å². The third-order valence-electron chi connectivity index (χ3n) is 6.53. The molecule has 1 amide bonds. The van der Waals surface area contributed by atoms with Crippen molar-refractivity contribution in [2.75, 3.05) is 32.4 Å². The van der Waals surface area contributed by atoms with E-state index >= 15 is 0 Å². The molecule has 0 spiro atoms. The smallest absolute Gasteiger partial charge is 0.256 e. The highest BCUT2D eigenvalue weighted by atomic mass is 35.5. The van der Waals surface area contributed by atoms with Crippen LogP contribution in [0.15, 0.2) is 48.7 Å². The van der Waals surface area contributed by atoms with E-state index < -0.39 is 0 Å². The molecule has 2 heterocycles. The van der Waals surface area contributed by atoms with Crippen molar-refractivity contribution < 1.29 is 4.79 Å². The van der Waals surface area contributed by atoms with Gasteiger partial charge < -0.3 is 4.90 Å². The molecule has 7 heteroatoms. The highest BCUT2D eigenvalue weighted by molar-refractivity contribution is 7.96. The number of rotatable bonds is 4. The van der Waals surface area contributed by atoms with Crippen molar-refractivity contribution in [3.05, 3.63) is 64.8 Å². The average molecular weight is 463 g/mol. The number of piperazine rings is 1. The summed E-state index contributed by atoms with van der Waals surface area (Å²) in [6.07, 6.45) is 5.57. The van der Waals surface area contributed by atoms with E-state index in [1.165, 1.54) is 0 Å². The molecular weight excluding hydrogens is 440 g/mol. The van der Waals surface area contributed by atoms with Gasteiger partial charge in [0.15, 0.2) is 0 Å². The van der Waals surface area contributed by atoms with Crippen LogP contribution in [0.1, 0.15) is 28.8 Å². The van der Waals surface area contributed by atoms with Gasteiger partial charge in [-0.05, 0) is 48.4 Å². The first-order valence-corrected chi connectivity index (χ1v) is 12.3. The van der Waals surface area contributed by atoms with Crippen LogP contribution in [0, 0.1) is 11.3 Å². The fourth-order valence-corrected chi connectivity index (χ4v) is 5.13. The summed E-state index contributed by atoms with van der Waals surface area (Å²) < 4.78 is 2.27. The zero-order valence-electron chi connectivity index (χ0n) is 17.8. The normalized spacial score (nSPS) is 17.8. The standard InChI is InChI=1S/C25H23ClN4OS/c1-32-30-12-10-29(11-13-30)24(31)21-15-28-22-7-6-19(26)14-20(22)23(21)17-2-4-18(5-3-17)25(16-27)8-9-25/h2-7,14-15H,8-13H2,1H3. The molecule has 5 rings (SSSR count). The minimum absolute atomic E-state index is 0.00473. The lowest BCUT2D eigenvalue weighted by Crippen LogP contribution is -2.46. The maximum Gasteiger partial charge on any atom is 0.256 e. The molecule has 32 heavy (non-hydrogen) atoms. The summed E-state index contributed by atoms with van der Waals surface area (Å²) >= 11 is 8.05. The Labute approximate surface area is 197 Å². The summed E-state index contributed by atoms with van der Waals surface area (Å²) in [5.74, 6) is -0.00473. The molecule has 1 saturated heterocycles. The van der Waals surface area contributed by atoms with Gasteiger partial charge in [-0.2, -0.15) is 5.26 Å². The van der Waals surface area contributed by atoms with Gasteiger partial charge in [-0.1, -0.05) is 47.8 Å². The molecule has 2 aliphatic rings. The van der Waals surface area contributed by atoms with Crippen molar-refractivity contribution in [1.29, 1.82) is 5.26 Å². The van der Waals surface area contributed by atoms with E-state index in [1.54, 1.807) is 18.1 Å². The first kappa shape index (κ1) is 21.3. The number of amides is 1. The second-order valence-corrected chi connectivity index (χ2v) is 9.70. The van der Waals surface area contributed by atoms with Crippen LogP contribution < -0.4 is 0 Å². The third-order valence-corrected chi connectivity index (χ3v) is 7.65. The Morgan fingerprint density at radius 2 is 1.84 bits per heavy atom. The lowest BCUT2D eigenvalue weighted by atomic mass is 9.91. The van der Waals surface area contributed by atoms with E-state index in [4.69, 9.17) is 11.6 Å². The molecular formula is C25H23ClN4OS. The first-order chi connectivity index (χ1) is 15.5. The van der Waals surface area contributed by atoms with Gasteiger partial charge >= 0.3 is 0 Å². The van der Waals surface area contributed by atoms with Crippen LogP contribution in [0.4, 0.5) is 0 Å². The number of carbonyl (C=O) groups is 1. The molecule has 0 N–H and O–H groups in total. The number of carbonyl (C=O) groups excluding carboxylic acids is 1. The number of halogens is 1. The number of benzene rings is 2. The van der Waals surface area contributed by atoms with Gasteiger partial charge in [-0.25, -0.2) is 4.31 Å². The zero-order chi connectivity index (χ0) is 22.3. The highest BCUT2D eigenvalue weighted by Crippen LogP contribution is 2.48. The topological polar surface area (TPSA) is 60.2 Å². The van der Waals surface area contributed by atoms with Crippen molar-refractivity contribution in [1.82, 2.24) is 14.2 Å². The van der Waals surface area contributed by atoms with E-state index in [2.05, 4.69) is 21.6 Å². The van der Waals surface area contributed by atoms with Crippen molar-refractivity contribution in [2.24, 2.45) is 0 Å². The monoisotopic (exact) mass is 462 g/mol. The van der Waals surface area contributed by atoms with Crippen LogP contribution in [-0.4, -0.2) is 52.5 Å². The predicted molar refractivity (Wildman–Crippen MR) is 130 cm³/mol. The van der Waals surface area contributed by atoms with E-state index in [1.807, 2.05) is 47.4 Å². The highest BCUT2D eigenvalue weighted by Gasteiger charge is 2.44. The molecule has 1 saturated carbocycles. The van der Waals surface area contributed by atoms with Gasteiger partial charge in [-0.3, -0.25) is 9.78 Å². The second kappa shape index (κ2) is 8.40. The van der Waals surface area contributed by atoms with Crippen LogP contribution in [0.2, 0.25) is 5.02 Å². The summed E-state index contributed by atoms with van der Waals surface area (Å²) in [5, 5.41) is 11.0. The molecule has 2 fully saturated rings. The van der Waals surface area contributed by atoms with Crippen LogP contribution in [0.5, 0.6) is 0 Å². The number of hydrogen-bond acceptors (Lipinski definition) is 5. The van der Waals surface area contributed by atoms with E-state index in [-0.39, 0.29) is 11.3 Å². The Bertz CT molecular complexity index is 1230. The minimum Gasteiger partial charge on any atom is -0.336 e. The molecule has 5 nitrogen and oxygen atoms in total. The molecule has 0 atom stereocenters. The number of hydrogen-bond donors (Lipinski definition) is 0. The summed E-state index contributed by atoms with van der Waals surface area (Å²) in [5.41, 5.74) is 3.88. The fourth-order valence-electron chi connectivity index (χ4n) is 4.43. The van der Waals surface area contributed by atoms with Crippen LogP contribution in [0.3, 0.4) is 0 Å². The van der Waals surface area contributed by atoms with Crippen molar-refractivity contribution in [3.63, 3.8) is 0 Å². The van der Waals surface area contributed by atoms with Gasteiger partial charge in [0.1, 0.15) is 0 Å². The molecule has 3 aromatic rings. The molecule has 0 unspecified atom stereocenters. The van der Waals surface area contributed by atoms with Crippen LogP contribution in [-0.2, 0) is 5.41 Å². The van der Waals surface area contributed by atoms with Crippen LogP contribution in [0.25, 0.3) is 22.0 Å². The molecule has 1 aliphatic heterocycles. The largest absolute Gasteiger partial charge is 0.336 e. The van der Waals surface area contributed by atoms with Crippen molar-refractivity contribution in [3.8, 4) is 17.2 Å². The zero-order valence-corrected chi connectivity index (χ0v) is 19.4. The Kier molecular flexibility index (Phi) is 5.58. The number of pyridine rings is 1. The summed E-state index contributed by atoms with van der Waals surface area (Å²) in [7, 11) is 0. The summed E-state index contributed by atoms with van der Waals surface area (Å²) in [4.78, 5) is 20.1. The maximum atomic E-state index is 13.6. The quantitative estimate of drug-likeness (QED) is 0.502. The van der Waals surface area contributed by atoms with Gasteiger partial charge in [0.05, 0.1) is 22.6 Å². The Morgan fingerprint density at radius 1 is 1.12 bits per heavy atom. The Morgan fingerprint density at radius 3 is 2.47 bits per heavy atom. The lowest BCUT2D eigenvalue weighted by Gasteiger charge is -2.33. The van der Waals surface area contributed by atoms with Gasteiger partial charge in [0, 0.05) is 48.3 Å². The molecule has 0 radical (unpaired) electrons. The SMILES string of the molecule is CSN1CCN(C(=O)c2cnc3ccc(Cl)cc3c2-c2ccc(C3(C#N)CC3)cc2)CC1. The molecule has 0 bridgehead atoms. The Hall–Kier alpha value is -2.59. The van der Waals surface area contributed by atoms with Gasteiger partial charge in [0.25, 0.3) is 5.91 Å². The maximum absolute atomic E-state index is 13.6. The van der Waals surface area contributed by atoms with Gasteiger partial charge in [0.2, 0.25) is 0 Å². The first-order valence-electron chi connectivity index (χ1n) is 10.7. The molecule has 1 aliphatic carbocycles. The molecule has 2 aromatic carbocycles. The number of nitrogens with zero attached hydrogens (tertiary/aromatic N) is 4.